The van der Waals surface area contributed by atoms with Gasteiger partial charge >= 0.3 is 6.09 Å². The van der Waals surface area contributed by atoms with Gasteiger partial charge in [-0.1, -0.05) is 30.9 Å². The molecule has 1 aliphatic rings. The molecule has 0 radical (unpaired) electrons. The smallest absolute Gasteiger partial charge is 0.407 e. The molecule has 2 aromatic rings. The lowest BCUT2D eigenvalue weighted by Gasteiger charge is -2.27. The second-order valence-electron chi connectivity index (χ2n) is 8.57. The topological polar surface area (TPSA) is 164 Å². The summed E-state index contributed by atoms with van der Waals surface area (Å²) in [7, 11) is 0. The minimum absolute atomic E-state index is 0.0983. The van der Waals surface area contributed by atoms with Gasteiger partial charge in [0.05, 0.1) is 6.61 Å². The number of aromatic nitrogens is 1. The predicted molar refractivity (Wildman–Crippen MR) is 138 cm³/mol. The molecule has 11 heteroatoms. The lowest BCUT2D eigenvalue weighted by atomic mass is 10.1. The van der Waals surface area contributed by atoms with E-state index in [0.29, 0.717) is 37.6 Å². The molecule has 0 spiro atoms. The Kier molecular flexibility index (Phi) is 9.59. The fourth-order valence-electron chi connectivity index (χ4n) is 4.08. The van der Waals surface area contributed by atoms with Crippen molar-refractivity contribution in [3.8, 4) is 0 Å². The fraction of sp³-hybridized carbons (Fsp3) is 0.346. The number of carbonyl (C=O) groups is 4. The van der Waals surface area contributed by atoms with Crippen molar-refractivity contribution in [1.29, 1.82) is 0 Å². The molecule has 0 aliphatic carbocycles. The van der Waals surface area contributed by atoms with Crippen LogP contribution in [0.1, 0.15) is 31.2 Å². The van der Waals surface area contributed by atoms with Gasteiger partial charge in [0.25, 0.3) is 5.56 Å². The minimum Gasteiger partial charge on any atom is -0.450 e. The number of fused-ring (bicyclic) bond motifs is 1. The average molecular weight is 510 g/mol. The lowest BCUT2D eigenvalue weighted by Crippen LogP contribution is -2.56. The third-order valence-corrected chi connectivity index (χ3v) is 5.98. The van der Waals surface area contributed by atoms with Crippen molar-refractivity contribution in [2.45, 2.75) is 37.8 Å². The molecule has 1 aromatic carbocycles. The number of nitrogens with two attached hydrogens (primary N) is 1. The largest absolute Gasteiger partial charge is 0.450 e. The van der Waals surface area contributed by atoms with Gasteiger partial charge in [0, 0.05) is 24.7 Å². The first-order chi connectivity index (χ1) is 17.8. The van der Waals surface area contributed by atoms with E-state index in [1.54, 1.807) is 12.3 Å². The van der Waals surface area contributed by atoms with E-state index in [1.807, 2.05) is 30.4 Å². The quantitative estimate of drug-likeness (QED) is 0.263. The van der Waals surface area contributed by atoms with E-state index in [4.69, 9.17) is 10.5 Å². The van der Waals surface area contributed by atoms with E-state index in [1.165, 1.54) is 4.90 Å². The van der Waals surface area contributed by atoms with Gasteiger partial charge in [-0.3, -0.25) is 19.2 Å². The third-order valence-electron chi connectivity index (χ3n) is 5.98. The second kappa shape index (κ2) is 13.1. The highest BCUT2D eigenvalue weighted by Crippen LogP contribution is 2.18. The third kappa shape index (κ3) is 7.53. The van der Waals surface area contributed by atoms with Gasteiger partial charge in [-0.25, -0.2) is 4.79 Å². The summed E-state index contributed by atoms with van der Waals surface area (Å²) in [6.45, 7) is 3.59. The fourth-order valence-corrected chi connectivity index (χ4v) is 4.08. The molecular formula is C26H31N5O6. The van der Waals surface area contributed by atoms with Crippen molar-refractivity contribution in [1.82, 2.24) is 20.5 Å². The molecule has 1 aliphatic heterocycles. The van der Waals surface area contributed by atoms with Crippen LogP contribution in [0.3, 0.4) is 0 Å². The summed E-state index contributed by atoms with van der Waals surface area (Å²) >= 11 is 0. The number of nitrogens with zero attached hydrogens (tertiary/aromatic N) is 1. The number of rotatable bonds is 11. The Morgan fingerprint density at radius 3 is 2.84 bits per heavy atom. The molecule has 1 saturated heterocycles. The molecule has 196 valence electrons. The van der Waals surface area contributed by atoms with Crippen LogP contribution >= 0.6 is 0 Å². The molecule has 4 amide bonds. The monoisotopic (exact) mass is 509 g/mol. The maximum absolute atomic E-state index is 13.0. The number of pyridine rings is 1. The Hall–Kier alpha value is -4.41. The average Bonchev–Trinajstić information content (AvgIpc) is 3.39. The van der Waals surface area contributed by atoms with E-state index in [2.05, 4.69) is 22.2 Å². The van der Waals surface area contributed by atoms with Gasteiger partial charge in [0.1, 0.15) is 12.1 Å². The van der Waals surface area contributed by atoms with Gasteiger partial charge in [0.2, 0.25) is 17.7 Å². The van der Waals surface area contributed by atoms with Crippen molar-refractivity contribution in [2.24, 2.45) is 5.73 Å². The molecule has 5 N–H and O–H groups in total. The van der Waals surface area contributed by atoms with Gasteiger partial charge in [-0.2, -0.15) is 0 Å². The summed E-state index contributed by atoms with van der Waals surface area (Å²) in [4.78, 5) is 64.5. The second-order valence-corrected chi connectivity index (χ2v) is 8.57. The normalized spacial score (nSPS) is 15.9. The van der Waals surface area contributed by atoms with Crippen LogP contribution in [-0.2, 0) is 19.1 Å². The predicted octanol–water partition coefficient (Wildman–Crippen LogP) is 1.19. The van der Waals surface area contributed by atoms with Gasteiger partial charge in [-0.15, -0.1) is 0 Å². The van der Waals surface area contributed by atoms with E-state index >= 15 is 0 Å². The number of allylic oxidation sites excluding steroid dienone is 1. The first kappa shape index (κ1) is 27.2. The Morgan fingerprint density at radius 1 is 1.27 bits per heavy atom. The highest BCUT2D eigenvalue weighted by atomic mass is 16.5. The highest BCUT2D eigenvalue weighted by Gasteiger charge is 2.36. The number of likely N-dealkylation sites (tertiary alicyclic amines) is 1. The van der Waals surface area contributed by atoms with Gasteiger partial charge in [-0.05, 0) is 54.8 Å². The van der Waals surface area contributed by atoms with Crippen LogP contribution in [0.5, 0.6) is 0 Å². The van der Waals surface area contributed by atoms with E-state index < -0.39 is 35.9 Å². The number of hydrogen-bond acceptors (Lipinski definition) is 6. The lowest BCUT2D eigenvalue weighted by molar-refractivity contribution is -0.138. The molecule has 1 fully saturated rings. The number of unbranched alkanes of at least 4 members (excludes halogenated alkanes) is 1. The Bertz CT molecular complexity index is 1250. The van der Waals surface area contributed by atoms with E-state index in [9.17, 15) is 24.0 Å². The zero-order valence-corrected chi connectivity index (χ0v) is 20.4. The number of carbonyl (C=O) groups excluding carboxylic acids is 4. The first-order valence-corrected chi connectivity index (χ1v) is 12.0. The van der Waals surface area contributed by atoms with Crippen LogP contribution in [0.15, 0.2) is 54.0 Å². The van der Waals surface area contributed by atoms with Gasteiger partial charge < -0.3 is 31.0 Å². The maximum Gasteiger partial charge on any atom is 0.407 e. The number of ether oxygens (including phenoxy) is 1. The number of primary amides is 1. The molecule has 2 unspecified atom stereocenters. The summed E-state index contributed by atoms with van der Waals surface area (Å²) in [5.74, 6) is -1.66. The zero-order valence-electron chi connectivity index (χ0n) is 20.4. The summed E-state index contributed by atoms with van der Waals surface area (Å²) in [5.41, 5.74) is 6.12. The van der Waals surface area contributed by atoms with Crippen LogP contribution in [0.25, 0.3) is 16.8 Å². The van der Waals surface area contributed by atoms with Crippen LogP contribution in [0, 0.1) is 0 Å². The molecule has 0 bridgehead atoms. The molecule has 37 heavy (non-hydrogen) atoms. The number of aromatic amines is 1. The summed E-state index contributed by atoms with van der Waals surface area (Å²) in [5, 5.41) is 6.41. The number of alkyl carbamates (subject to hydrolysis) is 1. The maximum atomic E-state index is 13.0. The Balaban J connectivity index is 1.49. The van der Waals surface area contributed by atoms with Crippen molar-refractivity contribution in [3.05, 3.63) is 65.1 Å². The molecule has 1 aromatic heterocycles. The van der Waals surface area contributed by atoms with Gasteiger partial charge in [0.15, 0.2) is 0 Å². The highest BCUT2D eigenvalue weighted by molar-refractivity contribution is 5.92. The Morgan fingerprint density at radius 2 is 2.08 bits per heavy atom. The number of hydrogen-bond donors (Lipinski definition) is 4. The van der Waals surface area contributed by atoms with Crippen LogP contribution in [0.4, 0.5) is 4.79 Å². The number of nitrogens with one attached hydrogen (secondary N) is 3. The summed E-state index contributed by atoms with van der Waals surface area (Å²) in [6, 6.07) is 5.54. The number of benzene rings is 1. The summed E-state index contributed by atoms with van der Waals surface area (Å²) in [6.07, 6.45) is 7.82. The molecule has 0 saturated carbocycles. The molecular weight excluding hydrogens is 478 g/mol. The SMILES string of the molecule is C=CC(=O)NCC(NC(=O)OCCCC=Cc1ccc2cc[nH]c(=O)c2c1)C(=O)N1CCCC1C(N)=O. The molecule has 11 nitrogen and oxygen atoms in total. The zero-order chi connectivity index (χ0) is 26.8. The van der Waals surface area contributed by atoms with Crippen LogP contribution < -0.4 is 21.9 Å². The Labute approximate surface area is 213 Å². The van der Waals surface area contributed by atoms with Crippen molar-refractivity contribution >= 4 is 40.7 Å². The van der Waals surface area contributed by atoms with Crippen LogP contribution in [-0.4, -0.2) is 65.5 Å². The number of H-pyrrole nitrogens is 1. The first-order valence-electron chi connectivity index (χ1n) is 12.0. The minimum atomic E-state index is -1.13. The number of amides is 4. The standard InChI is InChI=1S/C26H31N5O6/c1-2-22(32)29-16-20(25(35)31-13-6-8-21(31)23(27)33)30-26(36)37-14-5-3-4-7-17-9-10-18-11-12-28-24(34)19(18)15-17/h2,4,7,9-12,15,20-21H,1,3,5-6,8,13-14,16H2,(H2,27,33)(H,28,34)(H,29,32)(H,30,36). The van der Waals surface area contributed by atoms with Crippen molar-refractivity contribution < 1.29 is 23.9 Å². The van der Waals surface area contributed by atoms with Crippen molar-refractivity contribution in [2.75, 3.05) is 19.7 Å². The molecule has 2 atom stereocenters. The van der Waals surface area contributed by atoms with E-state index in [-0.39, 0.29) is 18.7 Å². The molecule has 2 heterocycles. The van der Waals surface area contributed by atoms with Crippen LogP contribution in [0.2, 0.25) is 0 Å². The molecule has 3 rings (SSSR count). The van der Waals surface area contributed by atoms with Crippen molar-refractivity contribution in [3.63, 3.8) is 0 Å². The summed E-state index contributed by atoms with van der Waals surface area (Å²) < 4.78 is 5.19. The van der Waals surface area contributed by atoms with E-state index in [0.717, 1.165) is 17.0 Å².